The van der Waals surface area contributed by atoms with Gasteiger partial charge in [-0.3, -0.25) is 0 Å². The topological polar surface area (TPSA) is 21.6 Å². The number of thioether (sulfide) groups is 1. The molecule has 0 saturated heterocycles. The third kappa shape index (κ3) is 4.76. The minimum absolute atomic E-state index is 0.0551. The van der Waals surface area contributed by atoms with Gasteiger partial charge in [0.2, 0.25) is 11.5 Å². The second-order valence-corrected chi connectivity index (χ2v) is 8.57. The van der Waals surface area contributed by atoms with Crippen molar-refractivity contribution in [3.8, 4) is 11.1 Å². The van der Waals surface area contributed by atoms with Gasteiger partial charge in [0.1, 0.15) is 29.8 Å². The molecule has 2 nitrogen and oxygen atoms in total. The van der Waals surface area contributed by atoms with Crippen molar-refractivity contribution in [2.45, 2.75) is 21.8 Å². The molecule has 0 aromatic heterocycles. The number of hydrogen-bond donors (Lipinski definition) is 0. The zero-order chi connectivity index (χ0) is 22.9. The van der Waals surface area contributed by atoms with E-state index in [9.17, 15) is 22.0 Å². The highest BCUT2D eigenvalue weighted by atomic mass is 35.5. The van der Waals surface area contributed by atoms with Gasteiger partial charge < -0.3 is 4.74 Å². The molecule has 0 N–H and O–H groups in total. The van der Waals surface area contributed by atoms with Gasteiger partial charge in [0, 0.05) is 4.90 Å². The Morgan fingerprint density at radius 1 is 0.938 bits per heavy atom. The Morgan fingerprint density at radius 2 is 1.50 bits per heavy atom. The zero-order valence-corrected chi connectivity index (χ0v) is 17.8. The molecule has 0 aliphatic carbocycles. The molecule has 1 heterocycles. The largest absolute Gasteiger partial charge is 0.475 e. The van der Waals surface area contributed by atoms with Crippen molar-refractivity contribution in [1.82, 2.24) is 0 Å². The minimum Gasteiger partial charge on any atom is -0.475 e. The highest BCUT2D eigenvalue weighted by molar-refractivity contribution is 8.00. The minimum atomic E-state index is -3.72. The SMILES string of the molecule is Fc1cccc(F)c1C1=NC(c2ccc(-c3ccc(SC(F)(F)C(F)Cl)cc3)cc2)CO1. The molecule has 1 aliphatic heterocycles. The number of nitrogens with zero attached hydrogens (tertiary/aromatic N) is 1. The van der Waals surface area contributed by atoms with E-state index in [-0.39, 0.29) is 34.7 Å². The number of ether oxygens (including phenoxy) is 1. The van der Waals surface area contributed by atoms with E-state index in [1.54, 1.807) is 12.1 Å². The van der Waals surface area contributed by atoms with Gasteiger partial charge in [-0.2, -0.15) is 8.78 Å². The lowest BCUT2D eigenvalue weighted by molar-refractivity contribution is 0.0537. The summed E-state index contributed by atoms with van der Waals surface area (Å²) in [5.41, 5.74) is -0.683. The van der Waals surface area contributed by atoms with Gasteiger partial charge in [-0.1, -0.05) is 54.1 Å². The Labute approximate surface area is 190 Å². The van der Waals surface area contributed by atoms with Crippen molar-refractivity contribution in [2.75, 3.05) is 6.61 Å². The fraction of sp³-hybridized carbons (Fsp3) is 0.174. The van der Waals surface area contributed by atoms with Crippen molar-refractivity contribution >= 4 is 29.3 Å². The Morgan fingerprint density at radius 3 is 2.06 bits per heavy atom. The van der Waals surface area contributed by atoms with Crippen LogP contribution in [0.1, 0.15) is 17.2 Å². The first-order valence-corrected chi connectivity index (χ1v) is 10.7. The summed E-state index contributed by atoms with van der Waals surface area (Å²) in [6, 6.07) is 16.6. The molecule has 2 unspecified atom stereocenters. The number of rotatable bonds is 6. The molecular formula is C23H15ClF5NOS. The van der Waals surface area contributed by atoms with E-state index >= 15 is 0 Å². The number of benzene rings is 3. The fourth-order valence-corrected chi connectivity index (χ4v) is 4.01. The predicted octanol–water partition coefficient (Wildman–Crippen LogP) is 7.37. The predicted molar refractivity (Wildman–Crippen MR) is 115 cm³/mol. The van der Waals surface area contributed by atoms with E-state index < -0.39 is 28.6 Å². The van der Waals surface area contributed by atoms with Crippen LogP contribution in [0.15, 0.2) is 76.6 Å². The van der Waals surface area contributed by atoms with Crippen molar-refractivity contribution in [1.29, 1.82) is 0 Å². The molecule has 1 aliphatic rings. The quantitative estimate of drug-likeness (QED) is 0.207. The highest BCUT2D eigenvalue weighted by Gasteiger charge is 2.40. The summed E-state index contributed by atoms with van der Waals surface area (Å²) in [6.07, 6.45) is 0. The van der Waals surface area contributed by atoms with Crippen LogP contribution in [0.25, 0.3) is 11.1 Å². The Hall–Kier alpha value is -2.58. The number of alkyl halides is 4. The Bertz CT molecular complexity index is 1120. The molecular weight excluding hydrogens is 469 g/mol. The van der Waals surface area contributed by atoms with Gasteiger partial charge in [-0.05, 0) is 52.7 Å². The standard InChI is InChI=1S/C23H15ClF5NOS/c24-22(27)23(28,29)32-16-10-8-14(9-11-16)13-4-6-15(7-5-13)19-12-31-21(30-19)20-17(25)2-1-3-18(20)26/h1-11,19,22H,12H2. The van der Waals surface area contributed by atoms with Crippen LogP contribution >= 0.6 is 23.4 Å². The zero-order valence-electron chi connectivity index (χ0n) is 16.2. The summed E-state index contributed by atoms with van der Waals surface area (Å²) in [4.78, 5) is 4.50. The van der Waals surface area contributed by atoms with Gasteiger partial charge in [0.15, 0.2) is 0 Å². The monoisotopic (exact) mass is 483 g/mol. The van der Waals surface area contributed by atoms with Crippen LogP contribution in [0.3, 0.4) is 0 Å². The van der Waals surface area contributed by atoms with Crippen molar-refractivity contribution in [3.63, 3.8) is 0 Å². The molecule has 0 saturated carbocycles. The van der Waals surface area contributed by atoms with Crippen LogP contribution in [0.2, 0.25) is 0 Å². The van der Waals surface area contributed by atoms with E-state index in [4.69, 9.17) is 16.3 Å². The van der Waals surface area contributed by atoms with Crippen LogP contribution in [-0.2, 0) is 4.74 Å². The van der Waals surface area contributed by atoms with Crippen LogP contribution in [0.4, 0.5) is 22.0 Å². The summed E-state index contributed by atoms with van der Waals surface area (Å²) in [6.45, 7) is 0.152. The fourth-order valence-electron chi connectivity index (χ4n) is 3.20. The maximum atomic E-state index is 14.0. The number of hydrogen-bond acceptors (Lipinski definition) is 3. The lowest BCUT2D eigenvalue weighted by Crippen LogP contribution is -2.20. The Kier molecular flexibility index (Phi) is 6.44. The molecule has 4 rings (SSSR count). The third-order valence-corrected chi connectivity index (χ3v) is 6.21. The average molecular weight is 484 g/mol. The molecule has 0 fully saturated rings. The van der Waals surface area contributed by atoms with E-state index in [0.717, 1.165) is 28.8 Å². The number of aliphatic imine (C=N–C) groups is 1. The van der Waals surface area contributed by atoms with Crippen LogP contribution in [0, 0.1) is 11.6 Å². The van der Waals surface area contributed by atoms with Gasteiger partial charge in [-0.15, -0.1) is 0 Å². The number of halogens is 6. The van der Waals surface area contributed by atoms with E-state index in [1.807, 2.05) is 24.3 Å². The summed E-state index contributed by atoms with van der Waals surface area (Å²) in [5.74, 6) is -1.56. The first-order valence-electron chi connectivity index (χ1n) is 9.45. The molecule has 0 radical (unpaired) electrons. The Balaban J connectivity index is 1.49. The molecule has 32 heavy (non-hydrogen) atoms. The molecule has 9 heteroatoms. The molecule has 3 aromatic carbocycles. The van der Waals surface area contributed by atoms with Gasteiger partial charge in [0.25, 0.3) is 0 Å². The van der Waals surface area contributed by atoms with Crippen molar-refractivity contribution in [2.24, 2.45) is 4.99 Å². The van der Waals surface area contributed by atoms with Crippen LogP contribution in [0.5, 0.6) is 0 Å². The highest BCUT2D eigenvalue weighted by Crippen LogP contribution is 2.41. The average Bonchev–Trinajstić information content (AvgIpc) is 3.24. The summed E-state index contributed by atoms with van der Waals surface area (Å²) >= 11 is 4.94. The molecule has 3 aromatic rings. The van der Waals surface area contributed by atoms with Crippen LogP contribution < -0.4 is 0 Å². The first kappa shape index (κ1) is 22.6. The summed E-state index contributed by atoms with van der Waals surface area (Å²) < 4.78 is 73.0. The lowest BCUT2D eigenvalue weighted by atomic mass is 10.0. The maximum Gasteiger partial charge on any atom is 0.342 e. The molecule has 0 amide bonds. The van der Waals surface area contributed by atoms with E-state index in [2.05, 4.69) is 4.99 Å². The van der Waals surface area contributed by atoms with Crippen molar-refractivity contribution < 1.29 is 26.7 Å². The van der Waals surface area contributed by atoms with Gasteiger partial charge in [0.05, 0.1) is 0 Å². The van der Waals surface area contributed by atoms with Crippen LogP contribution in [-0.4, -0.2) is 23.4 Å². The lowest BCUT2D eigenvalue weighted by Gasteiger charge is -2.15. The molecule has 166 valence electrons. The molecule has 0 bridgehead atoms. The molecule has 2 atom stereocenters. The second-order valence-electron chi connectivity index (χ2n) is 6.97. The summed E-state index contributed by atoms with van der Waals surface area (Å²) in [5, 5.41) is -3.72. The van der Waals surface area contributed by atoms with E-state index in [1.165, 1.54) is 18.2 Å². The van der Waals surface area contributed by atoms with E-state index in [0.29, 0.717) is 0 Å². The molecule has 0 spiro atoms. The second kappa shape index (κ2) is 9.11. The first-order chi connectivity index (χ1) is 15.2. The van der Waals surface area contributed by atoms with Gasteiger partial charge in [-0.25, -0.2) is 18.2 Å². The normalized spacial score (nSPS) is 17.1. The van der Waals surface area contributed by atoms with Gasteiger partial charge >= 0.3 is 5.25 Å². The smallest absolute Gasteiger partial charge is 0.342 e. The van der Waals surface area contributed by atoms with Crippen molar-refractivity contribution in [3.05, 3.63) is 89.5 Å². The summed E-state index contributed by atoms with van der Waals surface area (Å²) in [7, 11) is 0. The maximum absolute atomic E-state index is 14.0. The third-order valence-electron chi connectivity index (χ3n) is 4.82.